The largest absolute Gasteiger partial charge is 0.408 e. The van der Waals surface area contributed by atoms with E-state index >= 15 is 0 Å². The van der Waals surface area contributed by atoms with Crippen molar-refractivity contribution in [2.45, 2.75) is 69.3 Å². The molecule has 8 heteroatoms. The van der Waals surface area contributed by atoms with E-state index in [2.05, 4.69) is 5.32 Å². The summed E-state index contributed by atoms with van der Waals surface area (Å²) < 4.78 is 38.8. The molecule has 1 aliphatic heterocycles. The maximum atomic E-state index is 12.9. The fraction of sp³-hybridized carbons (Fsp3) is 0.857. The summed E-state index contributed by atoms with van der Waals surface area (Å²) in [5.74, 6) is -1.20. The van der Waals surface area contributed by atoms with Crippen molar-refractivity contribution in [3.05, 3.63) is 0 Å². The van der Waals surface area contributed by atoms with Crippen LogP contribution in [-0.2, 0) is 9.59 Å². The lowest BCUT2D eigenvalue weighted by Crippen LogP contribution is -2.59. The summed E-state index contributed by atoms with van der Waals surface area (Å²) in [5, 5.41) is 12.8. The standard InChI is InChI=1S/C14H21F3N2O3/c1-9(20)19-8-10(4-5-11(19)14(15,16)17)18-12(21)13(22)6-2-3-7-13/h10-11,22H,2-8H2,1H3,(H,18,21)/t10-,11+/m0/s1. The van der Waals surface area contributed by atoms with E-state index in [-0.39, 0.29) is 19.4 Å². The molecule has 1 saturated heterocycles. The lowest BCUT2D eigenvalue weighted by Gasteiger charge is -2.40. The SMILES string of the molecule is CC(=O)N1C[C@@H](NC(=O)C2(O)CCCC2)CC[C@@H]1C(F)(F)F. The van der Waals surface area contributed by atoms with E-state index < -0.39 is 35.7 Å². The van der Waals surface area contributed by atoms with E-state index in [0.717, 1.165) is 24.7 Å². The number of nitrogens with one attached hydrogen (secondary N) is 1. The van der Waals surface area contributed by atoms with Gasteiger partial charge in [-0.15, -0.1) is 0 Å². The van der Waals surface area contributed by atoms with Gasteiger partial charge in [-0.05, 0) is 38.5 Å². The topological polar surface area (TPSA) is 69.6 Å². The Hall–Kier alpha value is -1.31. The molecule has 0 bridgehead atoms. The average molecular weight is 322 g/mol. The van der Waals surface area contributed by atoms with E-state index in [1.807, 2.05) is 0 Å². The summed E-state index contributed by atoms with van der Waals surface area (Å²) in [6, 6.07) is -2.35. The highest BCUT2D eigenvalue weighted by atomic mass is 19.4. The summed E-state index contributed by atoms with van der Waals surface area (Å²) in [6.45, 7) is 0.911. The molecule has 2 N–H and O–H groups in total. The molecule has 1 saturated carbocycles. The average Bonchev–Trinajstić information content (AvgIpc) is 2.85. The molecule has 2 atom stereocenters. The van der Waals surface area contributed by atoms with Crippen molar-refractivity contribution in [1.29, 1.82) is 0 Å². The van der Waals surface area contributed by atoms with E-state index in [1.54, 1.807) is 0 Å². The quantitative estimate of drug-likeness (QED) is 0.806. The molecule has 0 unspecified atom stereocenters. The summed E-state index contributed by atoms with van der Waals surface area (Å²) in [4.78, 5) is 24.3. The molecule has 126 valence electrons. The molecular weight excluding hydrogens is 301 g/mol. The molecule has 2 aliphatic rings. The highest BCUT2D eigenvalue weighted by molar-refractivity contribution is 5.85. The number of hydrogen-bond acceptors (Lipinski definition) is 3. The Labute approximate surface area is 126 Å². The van der Waals surface area contributed by atoms with E-state index in [0.29, 0.717) is 12.8 Å². The van der Waals surface area contributed by atoms with Gasteiger partial charge in [-0.3, -0.25) is 9.59 Å². The van der Waals surface area contributed by atoms with E-state index in [1.165, 1.54) is 0 Å². The maximum absolute atomic E-state index is 12.9. The molecule has 2 rings (SSSR count). The molecule has 5 nitrogen and oxygen atoms in total. The monoisotopic (exact) mass is 322 g/mol. The van der Waals surface area contributed by atoms with Gasteiger partial charge in [0, 0.05) is 19.5 Å². The van der Waals surface area contributed by atoms with Crippen LogP contribution in [0.5, 0.6) is 0 Å². The smallest absolute Gasteiger partial charge is 0.380 e. The first-order valence-electron chi connectivity index (χ1n) is 7.51. The van der Waals surface area contributed by atoms with Crippen molar-refractivity contribution in [3.8, 4) is 0 Å². The van der Waals surface area contributed by atoms with Crippen LogP contribution in [0.2, 0.25) is 0 Å². The minimum absolute atomic E-state index is 0.135. The van der Waals surface area contributed by atoms with Gasteiger partial charge in [-0.2, -0.15) is 13.2 Å². The number of aliphatic hydroxyl groups is 1. The van der Waals surface area contributed by atoms with E-state index in [9.17, 15) is 27.9 Å². The van der Waals surface area contributed by atoms with Gasteiger partial charge in [-0.25, -0.2) is 0 Å². The number of halogens is 3. The molecule has 2 fully saturated rings. The Morgan fingerprint density at radius 3 is 2.32 bits per heavy atom. The van der Waals surface area contributed by atoms with Gasteiger partial charge in [0.2, 0.25) is 5.91 Å². The number of carbonyl (C=O) groups excluding carboxylic acids is 2. The zero-order chi connectivity index (χ0) is 16.5. The second-order valence-electron chi connectivity index (χ2n) is 6.22. The number of amides is 2. The fourth-order valence-corrected chi connectivity index (χ4v) is 3.28. The highest BCUT2D eigenvalue weighted by Gasteiger charge is 2.48. The van der Waals surface area contributed by atoms with Crippen LogP contribution in [0.25, 0.3) is 0 Å². The van der Waals surface area contributed by atoms with Crippen molar-refractivity contribution < 1.29 is 27.9 Å². The zero-order valence-electron chi connectivity index (χ0n) is 12.4. The normalized spacial score (nSPS) is 28.5. The summed E-state index contributed by atoms with van der Waals surface area (Å²) in [7, 11) is 0. The lowest BCUT2D eigenvalue weighted by atomic mass is 9.95. The predicted molar refractivity (Wildman–Crippen MR) is 71.8 cm³/mol. The minimum atomic E-state index is -4.47. The number of nitrogens with zero attached hydrogens (tertiary/aromatic N) is 1. The van der Waals surface area contributed by atoms with Gasteiger partial charge < -0.3 is 15.3 Å². The summed E-state index contributed by atoms with van der Waals surface area (Å²) >= 11 is 0. The first-order chi connectivity index (χ1) is 10.1. The predicted octanol–water partition coefficient (Wildman–Crippen LogP) is 1.35. The molecule has 0 spiro atoms. The van der Waals surface area contributed by atoms with Crippen molar-refractivity contribution in [1.82, 2.24) is 10.2 Å². The third-order valence-electron chi connectivity index (χ3n) is 4.55. The number of alkyl halides is 3. The molecule has 2 amide bonds. The first kappa shape index (κ1) is 17.1. The van der Waals surface area contributed by atoms with Crippen LogP contribution >= 0.6 is 0 Å². The number of piperidine rings is 1. The second-order valence-corrected chi connectivity index (χ2v) is 6.22. The van der Waals surface area contributed by atoms with Crippen LogP contribution < -0.4 is 5.32 Å². The second kappa shape index (κ2) is 6.06. The molecule has 0 aromatic heterocycles. The van der Waals surface area contributed by atoms with Gasteiger partial charge in [0.25, 0.3) is 5.91 Å². The van der Waals surface area contributed by atoms with Crippen molar-refractivity contribution in [3.63, 3.8) is 0 Å². The molecule has 0 aromatic rings. The minimum Gasteiger partial charge on any atom is -0.380 e. The molecule has 0 aromatic carbocycles. The van der Waals surface area contributed by atoms with Gasteiger partial charge >= 0.3 is 6.18 Å². The Bertz CT molecular complexity index is 447. The van der Waals surface area contributed by atoms with Crippen LogP contribution in [0.1, 0.15) is 45.4 Å². The van der Waals surface area contributed by atoms with Crippen molar-refractivity contribution >= 4 is 11.8 Å². The Balaban J connectivity index is 2.00. The lowest BCUT2D eigenvalue weighted by molar-refractivity contribution is -0.196. The number of carbonyl (C=O) groups is 2. The fourth-order valence-electron chi connectivity index (χ4n) is 3.28. The van der Waals surface area contributed by atoms with Crippen LogP contribution in [0.4, 0.5) is 13.2 Å². The Morgan fingerprint density at radius 2 is 1.82 bits per heavy atom. The van der Waals surface area contributed by atoms with Crippen LogP contribution in [0.3, 0.4) is 0 Å². The third kappa shape index (κ3) is 3.53. The first-order valence-corrected chi connectivity index (χ1v) is 7.51. The Morgan fingerprint density at radius 1 is 1.23 bits per heavy atom. The van der Waals surface area contributed by atoms with Crippen LogP contribution in [-0.4, -0.2) is 52.2 Å². The van der Waals surface area contributed by atoms with Gasteiger partial charge in [0.1, 0.15) is 11.6 Å². The molecule has 1 aliphatic carbocycles. The summed E-state index contributed by atoms with van der Waals surface area (Å²) in [5.41, 5.74) is -1.41. The van der Waals surface area contributed by atoms with Crippen LogP contribution in [0.15, 0.2) is 0 Å². The molecule has 0 radical (unpaired) electrons. The van der Waals surface area contributed by atoms with Crippen LogP contribution in [0, 0.1) is 0 Å². The summed E-state index contributed by atoms with van der Waals surface area (Å²) in [6.07, 6.45) is -2.33. The maximum Gasteiger partial charge on any atom is 0.408 e. The van der Waals surface area contributed by atoms with Crippen molar-refractivity contribution in [2.75, 3.05) is 6.54 Å². The number of rotatable bonds is 2. The van der Waals surface area contributed by atoms with E-state index in [4.69, 9.17) is 0 Å². The third-order valence-corrected chi connectivity index (χ3v) is 4.55. The zero-order valence-corrected chi connectivity index (χ0v) is 12.4. The van der Waals surface area contributed by atoms with Gasteiger partial charge in [0.15, 0.2) is 0 Å². The molecular formula is C14H21F3N2O3. The molecule has 22 heavy (non-hydrogen) atoms. The number of likely N-dealkylation sites (tertiary alicyclic amines) is 1. The molecule has 1 heterocycles. The number of hydrogen-bond donors (Lipinski definition) is 2. The van der Waals surface area contributed by atoms with Gasteiger partial charge in [0.05, 0.1) is 0 Å². The Kier molecular flexibility index (Phi) is 4.70. The highest BCUT2D eigenvalue weighted by Crippen LogP contribution is 2.33. The van der Waals surface area contributed by atoms with Gasteiger partial charge in [-0.1, -0.05) is 0 Å². The van der Waals surface area contributed by atoms with Crippen molar-refractivity contribution in [2.24, 2.45) is 0 Å².